The van der Waals surface area contributed by atoms with Crippen molar-refractivity contribution < 1.29 is 0 Å². The Morgan fingerprint density at radius 2 is 1.32 bits per heavy atom. The Labute approximate surface area is 309 Å². The van der Waals surface area contributed by atoms with Crippen molar-refractivity contribution in [3.05, 3.63) is 193 Å². The molecule has 0 aliphatic heterocycles. The molecule has 0 aliphatic rings. The number of hydrogen-bond acceptors (Lipinski definition) is 2. The summed E-state index contributed by atoms with van der Waals surface area (Å²) in [5.74, 6) is 1.67. The molecule has 3 aromatic heterocycles. The molecule has 9 rings (SSSR count). The summed E-state index contributed by atoms with van der Waals surface area (Å²) in [7, 11) is 0. The van der Waals surface area contributed by atoms with E-state index in [4.69, 9.17) is 16.5 Å². The molecule has 0 bridgehead atoms. The third kappa shape index (κ3) is 5.69. The molecule has 0 saturated heterocycles. The van der Waals surface area contributed by atoms with Crippen LogP contribution in [0.3, 0.4) is 0 Å². The number of imidazole rings is 1. The van der Waals surface area contributed by atoms with E-state index in [9.17, 15) is 0 Å². The van der Waals surface area contributed by atoms with Crippen LogP contribution in [0.2, 0.25) is 0 Å². The van der Waals surface area contributed by atoms with Gasteiger partial charge in [-0.25, -0.2) is 14.8 Å². The maximum atomic E-state index is 8.16. The molecule has 0 amide bonds. The zero-order valence-corrected chi connectivity index (χ0v) is 29.5. The molecule has 0 N–H and O–H groups in total. The van der Waals surface area contributed by atoms with Crippen molar-refractivity contribution in [2.24, 2.45) is 0 Å². The molecule has 3 heterocycles. The molecular formula is C47H34BN5. The standard InChI is InChI=1S/C47H34BN5/c1-32-13-12-14-33(2)46(32)52-26-25-51-47(52)36-27-39(30-40(28-36)49-3)48(37-17-8-5-9-18-37)38-21-22-41-42-29-35(34-15-6-4-7-16-34)20-23-43(42)53(44(41)31-38)45-19-10-11-24-50-45/h4-31H,1-2H3. The lowest BCUT2D eigenvalue weighted by molar-refractivity contribution is 1.03. The van der Waals surface area contributed by atoms with Crippen LogP contribution in [-0.4, -0.2) is 25.8 Å². The average Bonchev–Trinajstić information content (AvgIpc) is 3.81. The predicted octanol–water partition coefficient (Wildman–Crippen LogP) is 9.38. The highest BCUT2D eigenvalue weighted by Crippen LogP contribution is 2.34. The Bertz CT molecular complexity index is 2790. The minimum atomic E-state index is -0.153. The highest BCUT2D eigenvalue weighted by molar-refractivity contribution is 6.95. The van der Waals surface area contributed by atoms with E-state index in [0.29, 0.717) is 5.69 Å². The van der Waals surface area contributed by atoms with Gasteiger partial charge in [-0.1, -0.05) is 132 Å². The smallest absolute Gasteiger partial charge is 0.239 e. The zero-order valence-electron chi connectivity index (χ0n) is 29.5. The molecule has 5 nitrogen and oxygen atoms in total. The van der Waals surface area contributed by atoms with Crippen LogP contribution in [0.5, 0.6) is 0 Å². The van der Waals surface area contributed by atoms with Crippen molar-refractivity contribution in [2.75, 3.05) is 0 Å². The predicted molar refractivity (Wildman–Crippen MR) is 220 cm³/mol. The van der Waals surface area contributed by atoms with E-state index < -0.39 is 0 Å². The Morgan fingerprint density at radius 3 is 2.08 bits per heavy atom. The first-order valence-electron chi connectivity index (χ1n) is 17.8. The Kier molecular flexibility index (Phi) is 8.02. The van der Waals surface area contributed by atoms with Crippen molar-refractivity contribution >= 4 is 50.6 Å². The van der Waals surface area contributed by atoms with Crippen molar-refractivity contribution in [1.29, 1.82) is 0 Å². The molecule has 0 spiro atoms. The van der Waals surface area contributed by atoms with Crippen molar-refractivity contribution in [3.63, 3.8) is 0 Å². The summed E-state index contributed by atoms with van der Waals surface area (Å²) >= 11 is 0. The first-order chi connectivity index (χ1) is 26.1. The number of fused-ring (bicyclic) bond motifs is 3. The minimum absolute atomic E-state index is 0.153. The lowest BCUT2D eigenvalue weighted by atomic mass is 9.36. The third-order valence-electron chi connectivity index (χ3n) is 10.2. The van der Waals surface area contributed by atoms with Crippen molar-refractivity contribution in [2.45, 2.75) is 13.8 Å². The number of rotatable bonds is 7. The van der Waals surface area contributed by atoms with Gasteiger partial charge < -0.3 is 0 Å². The first-order valence-corrected chi connectivity index (χ1v) is 17.8. The Balaban J connectivity index is 1.27. The van der Waals surface area contributed by atoms with E-state index in [0.717, 1.165) is 55.7 Å². The fourth-order valence-corrected chi connectivity index (χ4v) is 7.86. The van der Waals surface area contributed by atoms with Gasteiger partial charge in [-0.15, -0.1) is 0 Å². The summed E-state index contributed by atoms with van der Waals surface area (Å²) in [6.45, 7) is 12.3. The van der Waals surface area contributed by atoms with Gasteiger partial charge in [0, 0.05) is 34.9 Å². The van der Waals surface area contributed by atoms with Crippen LogP contribution in [0.25, 0.3) is 60.7 Å². The number of aryl methyl sites for hydroxylation is 2. The number of nitrogens with zero attached hydrogens (tertiary/aromatic N) is 5. The van der Waals surface area contributed by atoms with E-state index in [2.05, 4.69) is 155 Å². The largest absolute Gasteiger partial charge is 0.299 e. The first kappa shape index (κ1) is 32.0. The van der Waals surface area contributed by atoms with Crippen LogP contribution in [0.1, 0.15) is 11.1 Å². The molecule has 0 aliphatic carbocycles. The van der Waals surface area contributed by atoms with Crippen LogP contribution in [-0.2, 0) is 0 Å². The molecule has 0 atom stereocenters. The van der Waals surface area contributed by atoms with Gasteiger partial charge in [-0.3, -0.25) is 9.13 Å². The lowest BCUT2D eigenvalue weighted by Gasteiger charge is -2.19. The third-order valence-corrected chi connectivity index (χ3v) is 10.2. The molecule has 0 radical (unpaired) electrons. The number of benzene rings is 6. The van der Waals surface area contributed by atoms with E-state index in [1.165, 1.54) is 27.6 Å². The molecule has 6 heteroatoms. The molecule has 6 aromatic carbocycles. The summed E-state index contributed by atoms with van der Waals surface area (Å²) in [6, 6.07) is 53.2. The molecule has 9 aromatic rings. The summed E-state index contributed by atoms with van der Waals surface area (Å²) < 4.78 is 4.42. The van der Waals surface area contributed by atoms with Crippen molar-refractivity contribution in [1.82, 2.24) is 19.1 Å². The highest BCUT2D eigenvalue weighted by atomic mass is 15.1. The summed E-state index contributed by atoms with van der Waals surface area (Å²) in [5.41, 5.74) is 12.8. The van der Waals surface area contributed by atoms with Crippen LogP contribution < -0.4 is 16.4 Å². The van der Waals surface area contributed by atoms with Gasteiger partial charge in [0.2, 0.25) is 6.71 Å². The topological polar surface area (TPSA) is 40.0 Å². The van der Waals surface area contributed by atoms with Gasteiger partial charge in [0.05, 0.1) is 23.3 Å². The van der Waals surface area contributed by atoms with E-state index in [-0.39, 0.29) is 6.71 Å². The monoisotopic (exact) mass is 679 g/mol. The fourth-order valence-electron chi connectivity index (χ4n) is 7.86. The Hall–Kier alpha value is -6.97. The van der Waals surface area contributed by atoms with Crippen LogP contribution in [0, 0.1) is 20.4 Å². The van der Waals surface area contributed by atoms with Gasteiger partial charge >= 0.3 is 0 Å². The molecule has 0 fully saturated rings. The summed E-state index contributed by atoms with van der Waals surface area (Å²) in [6.07, 6.45) is 5.70. The number of hydrogen-bond donors (Lipinski definition) is 0. The summed E-state index contributed by atoms with van der Waals surface area (Å²) in [5, 5.41) is 2.33. The Morgan fingerprint density at radius 1 is 0.547 bits per heavy atom. The van der Waals surface area contributed by atoms with Crippen LogP contribution in [0.15, 0.2) is 170 Å². The number of para-hydroxylation sites is 1. The van der Waals surface area contributed by atoms with Crippen LogP contribution >= 0.6 is 0 Å². The van der Waals surface area contributed by atoms with Crippen molar-refractivity contribution in [3.8, 4) is 34.0 Å². The number of aromatic nitrogens is 4. The average molecular weight is 680 g/mol. The second-order valence-electron chi connectivity index (χ2n) is 13.5. The maximum absolute atomic E-state index is 8.16. The van der Waals surface area contributed by atoms with Gasteiger partial charge in [-0.2, -0.15) is 0 Å². The molecular weight excluding hydrogens is 645 g/mol. The van der Waals surface area contributed by atoms with Gasteiger partial charge in [0.15, 0.2) is 5.69 Å². The minimum Gasteiger partial charge on any atom is -0.299 e. The highest BCUT2D eigenvalue weighted by Gasteiger charge is 2.26. The molecule has 0 saturated carbocycles. The maximum Gasteiger partial charge on any atom is 0.239 e. The van der Waals surface area contributed by atoms with Gasteiger partial charge in [0.1, 0.15) is 11.6 Å². The fraction of sp³-hybridized carbons (Fsp3) is 0.0426. The molecule has 0 unspecified atom stereocenters. The second-order valence-corrected chi connectivity index (χ2v) is 13.5. The van der Waals surface area contributed by atoms with Crippen LogP contribution in [0.4, 0.5) is 5.69 Å². The normalized spacial score (nSPS) is 11.2. The molecule has 53 heavy (non-hydrogen) atoms. The second kappa shape index (κ2) is 13.3. The van der Waals surface area contributed by atoms with Gasteiger partial charge in [-0.05, 0) is 72.5 Å². The zero-order chi connectivity index (χ0) is 35.9. The summed E-state index contributed by atoms with van der Waals surface area (Å²) in [4.78, 5) is 13.7. The van der Waals surface area contributed by atoms with E-state index in [1.54, 1.807) is 0 Å². The van der Waals surface area contributed by atoms with Gasteiger partial charge in [0.25, 0.3) is 0 Å². The molecule has 250 valence electrons. The van der Waals surface area contributed by atoms with E-state index >= 15 is 0 Å². The van der Waals surface area contributed by atoms with E-state index in [1.807, 2.05) is 42.9 Å². The SMILES string of the molecule is [C-]#[N+]c1cc(B(c2ccccc2)c2ccc3c4cc(-c5ccccc5)ccc4n(-c4ccccn4)c3c2)cc(-c2nccn2-c2c(C)cccc2C)c1. The quantitative estimate of drug-likeness (QED) is 0.124. The lowest BCUT2D eigenvalue weighted by Crippen LogP contribution is -2.52. The number of pyridine rings is 1.